The Hall–Kier alpha value is -0.430. The molecule has 2 N–H and O–H groups in total. The first-order chi connectivity index (χ1) is 8.42. The van der Waals surface area contributed by atoms with Crippen molar-refractivity contribution in [3.63, 3.8) is 0 Å². The summed E-state index contributed by atoms with van der Waals surface area (Å²) in [6.07, 6.45) is 0.783. The summed E-state index contributed by atoms with van der Waals surface area (Å²) >= 11 is 1.50. The highest BCUT2D eigenvalue weighted by Crippen LogP contribution is 2.27. The van der Waals surface area contributed by atoms with E-state index in [0.29, 0.717) is 11.4 Å². The molecular weight excluding hydrogens is 268 g/mol. The van der Waals surface area contributed by atoms with E-state index in [1.165, 1.54) is 11.3 Å². The van der Waals surface area contributed by atoms with Crippen LogP contribution in [-0.4, -0.2) is 21.0 Å². The van der Waals surface area contributed by atoms with Crippen LogP contribution in [0.2, 0.25) is 0 Å². The lowest BCUT2D eigenvalue weighted by atomic mass is 10.3. The van der Waals surface area contributed by atoms with Crippen molar-refractivity contribution >= 4 is 21.4 Å². The Morgan fingerprint density at radius 2 is 2.06 bits per heavy atom. The van der Waals surface area contributed by atoms with Crippen molar-refractivity contribution in [3.05, 3.63) is 15.8 Å². The van der Waals surface area contributed by atoms with Gasteiger partial charge >= 0.3 is 0 Å². The number of sulfonamides is 1. The van der Waals surface area contributed by atoms with E-state index in [9.17, 15) is 8.42 Å². The van der Waals surface area contributed by atoms with Crippen LogP contribution in [0.15, 0.2) is 10.3 Å². The van der Waals surface area contributed by atoms with E-state index in [4.69, 9.17) is 0 Å². The first kappa shape index (κ1) is 15.6. The first-order valence-electron chi connectivity index (χ1n) is 6.22. The maximum absolute atomic E-state index is 12.3. The summed E-state index contributed by atoms with van der Waals surface area (Å²) in [5, 5.41) is 5.08. The lowest BCUT2D eigenvalue weighted by molar-refractivity contribution is 0.554. The van der Waals surface area contributed by atoms with Crippen molar-refractivity contribution < 1.29 is 8.42 Å². The zero-order valence-corrected chi connectivity index (χ0v) is 13.0. The molecule has 0 radical (unpaired) electrons. The molecule has 1 atom stereocenters. The SMILES string of the molecule is CCNCc1scc(C)c1S(=O)(=O)NC(C)CC. The van der Waals surface area contributed by atoms with Crippen molar-refractivity contribution in [2.75, 3.05) is 6.54 Å². The Labute approximate surface area is 114 Å². The molecule has 104 valence electrons. The van der Waals surface area contributed by atoms with Gasteiger partial charge in [0.2, 0.25) is 10.0 Å². The topological polar surface area (TPSA) is 58.2 Å². The average molecular weight is 290 g/mol. The van der Waals surface area contributed by atoms with Crippen LogP contribution in [0.5, 0.6) is 0 Å². The molecule has 6 heteroatoms. The van der Waals surface area contributed by atoms with Gasteiger partial charge in [-0.05, 0) is 37.8 Å². The van der Waals surface area contributed by atoms with Crippen LogP contribution >= 0.6 is 11.3 Å². The highest BCUT2D eigenvalue weighted by molar-refractivity contribution is 7.89. The van der Waals surface area contributed by atoms with E-state index in [1.54, 1.807) is 0 Å². The van der Waals surface area contributed by atoms with Crippen molar-refractivity contribution in [2.24, 2.45) is 0 Å². The molecule has 0 aliphatic carbocycles. The smallest absolute Gasteiger partial charge is 0.242 e. The third kappa shape index (κ3) is 3.78. The molecule has 1 aromatic heterocycles. The summed E-state index contributed by atoms with van der Waals surface area (Å²) in [6.45, 7) is 9.13. The zero-order chi connectivity index (χ0) is 13.8. The molecule has 1 unspecified atom stereocenters. The summed E-state index contributed by atoms with van der Waals surface area (Å²) < 4.78 is 27.4. The van der Waals surface area contributed by atoms with Crippen LogP contribution in [0, 0.1) is 6.92 Å². The van der Waals surface area contributed by atoms with Crippen LogP contribution < -0.4 is 10.0 Å². The first-order valence-corrected chi connectivity index (χ1v) is 8.58. The minimum atomic E-state index is -3.40. The predicted octanol–water partition coefficient (Wildman–Crippen LogP) is 2.24. The van der Waals surface area contributed by atoms with Gasteiger partial charge in [-0.3, -0.25) is 0 Å². The summed E-state index contributed by atoms with van der Waals surface area (Å²) in [5.74, 6) is 0. The second-order valence-corrected chi connectivity index (χ2v) is 7.00. The fourth-order valence-electron chi connectivity index (χ4n) is 1.62. The Balaban J connectivity index is 3.03. The molecule has 0 saturated heterocycles. The van der Waals surface area contributed by atoms with Gasteiger partial charge in [-0.25, -0.2) is 13.1 Å². The molecule has 18 heavy (non-hydrogen) atoms. The van der Waals surface area contributed by atoms with Crippen molar-refractivity contribution in [2.45, 2.75) is 51.6 Å². The van der Waals surface area contributed by atoms with Gasteiger partial charge in [0.25, 0.3) is 0 Å². The lowest BCUT2D eigenvalue weighted by Gasteiger charge is -2.13. The minimum Gasteiger partial charge on any atom is -0.312 e. The minimum absolute atomic E-state index is 0.0405. The Bertz CT molecular complexity index is 480. The molecule has 1 rings (SSSR count). The van der Waals surface area contributed by atoms with Crippen molar-refractivity contribution in [1.29, 1.82) is 0 Å². The average Bonchev–Trinajstić information content (AvgIpc) is 2.67. The fourth-order valence-corrected chi connectivity index (χ4v) is 4.72. The van der Waals surface area contributed by atoms with E-state index in [2.05, 4.69) is 10.0 Å². The van der Waals surface area contributed by atoms with Crippen LogP contribution in [0.3, 0.4) is 0 Å². The molecule has 1 aromatic rings. The van der Waals surface area contributed by atoms with E-state index in [0.717, 1.165) is 23.4 Å². The normalized spacial score (nSPS) is 13.8. The van der Waals surface area contributed by atoms with Gasteiger partial charge in [0.1, 0.15) is 4.90 Å². The molecule has 0 aromatic carbocycles. The van der Waals surface area contributed by atoms with E-state index in [-0.39, 0.29) is 6.04 Å². The number of nitrogens with one attached hydrogen (secondary N) is 2. The maximum Gasteiger partial charge on any atom is 0.242 e. The van der Waals surface area contributed by atoms with Crippen LogP contribution in [0.25, 0.3) is 0 Å². The monoisotopic (exact) mass is 290 g/mol. The molecule has 0 fully saturated rings. The van der Waals surface area contributed by atoms with Crippen LogP contribution in [-0.2, 0) is 16.6 Å². The highest BCUT2D eigenvalue weighted by atomic mass is 32.2. The van der Waals surface area contributed by atoms with Crippen LogP contribution in [0.4, 0.5) is 0 Å². The Morgan fingerprint density at radius 3 is 2.61 bits per heavy atom. The molecule has 0 aliphatic rings. The number of hydrogen-bond donors (Lipinski definition) is 2. The Morgan fingerprint density at radius 1 is 1.39 bits per heavy atom. The molecule has 0 amide bonds. The second kappa shape index (κ2) is 6.65. The summed E-state index contributed by atoms with van der Waals surface area (Å²) in [5.41, 5.74) is 0.823. The highest BCUT2D eigenvalue weighted by Gasteiger charge is 2.23. The van der Waals surface area contributed by atoms with Gasteiger partial charge < -0.3 is 5.32 Å². The standard InChI is InChI=1S/C12H22N2O2S2/c1-5-10(4)14-18(15,16)12-9(3)8-17-11(12)7-13-6-2/h8,10,13-14H,5-7H2,1-4H3. The molecular formula is C12H22N2O2S2. The fraction of sp³-hybridized carbons (Fsp3) is 0.667. The molecule has 0 spiro atoms. The van der Waals surface area contributed by atoms with Crippen molar-refractivity contribution in [3.8, 4) is 0 Å². The summed E-state index contributed by atoms with van der Waals surface area (Å²) in [6, 6.07) is -0.0405. The second-order valence-electron chi connectivity index (χ2n) is 4.38. The van der Waals surface area contributed by atoms with Gasteiger partial charge in [0, 0.05) is 17.5 Å². The lowest BCUT2D eigenvalue weighted by Crippen LogP contribution is -2.33. The maximum atomic E-state index is 12.3. The number of thiophene rings is 1. The van der Waals surface area contributed by atoms with Crippen LogP contribution in [0.1, 0.15) is 37.6 Å². The quantitative estimate of drug-likeness (QED) is 0.809. The molecule has 4 nitrogen and oxygen atoms in total. The van der Waals surface area contributed by atoms with E-state index >= 15 is 0 Å². The number of aryl methyl sites for hydroxylation is 1. The molecule has 0 saturated carbocycles. The summed E-state index contributed by atoms with van der Waals surface area (Å²) in [7, 11) is -3.40. The third-order valence-electron chi connectivity index (χ3n) is 2.76. The van der Waals surface area contributed by atoms with Gasteiger partial charge in [-0.15, -0.1) is 11.3 Å². The largest absolute Gasteiger partial charge is 0.312 e. The number of hydrogen-bond acceptors (Lipinski definition) is 4. The van der Waals surface area contributed by atoms with Gasteiger partial charge in [-0.1, -0.05) is 13.8 Å². The molecule has 0 aliphatic heterocycles. The Kier molecular flexibility index (Phi) is 5.78. The third-order valence-corrected chi connectivity index (χ3v) is 5.81. The van der Waals surface area contributed by atoms with E-state index in [1.807, 2.05) is 33.1 Å². The molecule has 0 bridgehead atoms. The van der Waals surface area contributed by atoms with Gasteiger partial charge in [-0.2, -0.15) is 0 Å². The van der Waals surface area contributed by atoms with Gasteiger partial charge in [0.05, 0.1) is 0 Å². The van der Waals surface area contributed by atoms with E-state index < -0.39 is 10.0 Å². The van der Waals surface area contributed by atoms with Gasteiger partial charge in [0.15, 0.2) is 0 Å². The van der Waals surface area contributed by atoms with Crippen molar-refractivity contribution in [1.82, 2.24) is 10.0 Å². The molecule has 1 heterocycles. The zero-order valence-electron chi connectivity index (χ0n) is 11.4. The number of rotatable bonds is 7. The predicted molar refractivity (Wildman–Crippen MR) is 76.5 cm³/mol. The summed E-state index contributed by atoms with van der Waals surface area (Å²) in [4.78, 5) is 1.33.